The van der Waals surface area contributed by atoms with Gasteiger partial charge in [-0.1, -0.05) is 51.1 Å². The average Bonchev–Trinajstić information content (AvgIpc) is 2.91. The van der Waals surface area contributed by atoms with Gasteiger partial charge in [0.15, 0.2) is 10.4 Å². The van der Waals surface area contributed by atoms with Crippen molar-refractivity contribution in [3.63, 3.8) is 0 Å². The molecule has 1 aromatic carbocycles. The summed E-state index contributed by atoms with van der Waals surface area (Å²) >= 11 is 6.50. The summed E-state index contributed by atoms with van der Waals surface area (Å²) in [5.74, 6) is -0.279. The van der Waals surface area contributed by atoms with Gasteiger partial charge in [-0.3, -0.25) is 4.79 Å². The van der Waals surface area contributed by atoms with Gasteiger partial charge in [0.25, 0.3) is 5.91 Å². The lowest BCUT2D eigenvalue weighted by atomic mass is 9.80. The van der Waals surface area contributed by atoms with Gasteiger partial charge in [-0.2, -0.15) is 0 Å². The van der Waals surface area contributed by atoms with Gasteiger partial charge in [0, 0.05) is 6.07 Å². The van der Waals surface area contributed by atoms with Gasteiger partial charge in [0.1, 0.15) is 0 Å². The standard InChI is InChI=1S/C19H22Br2N2O4/c1-19(2,3)15(23-18(25)26)13(9-11-7-5-4-6-8-11)22-17(24)14-10-12(20)16(21)27-14/h4-8,10,13,15,23H,9H2,1-3H3,(H,22,24)(H,25,26). The number of hydrogen-bond donors (Lipinski definition) is 3. The van der Waals surface area contributed by atoms with Gasteiger partial charge in [0.2, 0.25) is 0 Å². The highest BCUT2D eigenvalue weighted by Crippen LogP contribution is 2.28. The predicted octanol–water partition coefficient (Wildman–Crippen LogP) is 4.83. The molecule has 0 aliphatic heterocycles. The van der Waals surface area contributed by atoms with Crippen LogP contribution in [0.2, 0.25) is 0 Å². The van der Waals surface area contributed by atoms with E-state index in [2.05, 4.69) is 42.5 Å². The van der Waals surface area contributed by atoms with E-state index >= 15 is 0 Å². The van der Waals surface area contributed by atoms with Gasteiger partial charge in [0.05, 0.1) is 16.6 Å². The third kappa shape index (κ3) is 6.10. The minimum Gasteiger partial charge on any atom is -0.465 e. The van der Waals surface area contributed by atoms with Crippen LogP contribution in [0.4, 0.5) is 4.79 Å². The molecule has 2 aromatic rings. The van der Waals surface area contributed by atoms with Crippen LogP contribution in [-0.2, 0) is 6.42 Å². The van der Waals surface area contributed by atoms with E-state index in [-0.39, 0.29) is 5.76 Å². The number of furan rings is 1. The summed E-state index contributed by atoms with van der Waals surface area (Å²) in [4.78, 5) is 24.1. The van der Waals surface area contributed by atoms with Crippen LogP contribution in [-0.4, -0.2) is 29.2 Å². The lowest BCUT2D eigenvalue weighted by molar-refractivity contribution is 0.0872. The van der Waals surface area contributed by atoms with E-state index in [9.17, 15) is 14.7 Å². The minimum absolute atomic E-state index is 0.134. The fourth-order valence-corrected chi connectivity index (χ4v) is 3.45. The highest BCUT2D eigenvalue weighted by Gasteiger charge is 2.35. The molecule has 0 bridgehead atoms. The largest absolute Gasteiger partial charge is 0.465 e. The SMILES string of the molecule is CC(C)(C)C(NC(=O)O)C(Cc1ccccc1)NC(=O)c1cc(Br)c(Br)o1. The maximum absolute atomic E-state index is 12.7. The Morgan fingerprint density at radius 2 is 1.78 bits per heavy atom. The van der Waals surface area contributed by atoms with Crippen molar-refractivity contribution in [2.24, 2.45) is 5.41 Å². The van der Waals surface area contributed by atoms with Gasteiger partial charge < -0.3 is 20.2 Å². The first kappa shape index (κ1) is 21.5. The molecule has 27 heavy (non-hydrogen) atoms. The monoisotopic (exact) mass is 500 g/mol. The van der Waals surface area contributed by atoms with E-state index in [0.717, 1.165) is 5.56 Å². The molecule has 2 atom stereocenters. The number of nitrogens with one attached hydrogen (secondary N) is 2. The Kier molecular flexibility index (Phi) is 7.11. The van der Waals surface area contributed by atoms with Crippen LogP contribution in [0.1, 0.15) is 36.9 Å². The highest BCUT2D eigenvalue weighted by atomic mass is 79.9. The third-order valence-corrected chi connectivity index (χ3v) is 5.81. The van der Waals surface area contributed by atoms with Gasteiger partial charge >= 0.3 is 6.09 Å². The molecule has 6 nitrogen and oxygen atoms in total. The summed E-state index contributed by atoms with van der Waals surface area (Å²) < 4.78 is 6.44. The zero-order valence-corrected chi connectivity index (χ0v) is 18.4. The van der Waals surface area contributed by atoms with Crippen molar-refractivity contribution in [2.45, 2.75) is 39.3 Å². The maximum atomic E-state index is 12.7. The molecule has 0 fully saturated rings. The Morgan fingerprint density at radius 1 is 1.15 bits per heavy atom. The third-order valence-electron chi connectivity index (χ3n) is 4.10. The number of rotatable bonds is 6. The van der Waals surface area contributed by atoms with Crippen LogP contribution < -0.4 is 10.6 Å². The molecule has 0 spiro atoms. The lowest BCUT2D eigenvalue weighted by Crippen LogP contribution is -2.58. The van der Waals surface area contributed by atoms with Crippen molar-refractivity contribution < 1.29 is 19.1 Å². The maximum Gasteiger partial charge on any atom is 0.404 e. The molecule has 0 aliphatic rings. The average molecular weight is 502 g/mol. The second-order valence-corrected chi connectivity index (χ2v) is 8.87. The summed E-state index contributed by atoms with van der Waals surface area (Å²) in [6, 6.07) is 10.2. The summed E-state index contributed by atoms with van der Waals surface area (Å²) in [7, 11) is 0. The van der Waals surface area contributed by atoms with Crippen molar-refractivity contribution >= 4 is 43.9 Å². The van der Waals surface area contributed by atoms with Gasteiger partial charge in [-0.25, -0.2) is 4.79 Å². The van der Waals surface area contributed by atoms with Crippen molar-refractivity contribution in [2.75, 3.05) is 0 Å². The topological polar surface area (TPSA) is 91.6 Å². The van der Waals surface area contributed by atoms with Crippen LogP contribution in [0.25, 0.3) is 0 Å². The molecule has 146 valence electrons. The van der Waals surface area contributed by atoms with E-state index in [0.29, 0.717) is 15.6 Å². The Hall–Kier alpha value is -1.80. The number of carboxylic acid groups (broad SMARTS) is 1. The van der Waals surface area contributed by atoms with Crippen LogP contribution in [0.3, 0.4) is 0 Å². The fourth-order valence-electron chi connectivity index (χ4n) is 2.87. The van der Waals surface area contributed by atoms with Gasteiger partial charge in [-0.15, -0.1) is 0 Å². The van der Waals surface area contributed by atoms with E-state index < -0.39 is 29.5 Å². The summed E-state index contributed by atoms with van der Waals surface area (Å²) in [5.41, 5.74) is 0.571. The van der Waals surface area contributed by atoms with E-state index in [4.69, 9.17) is 4.42 Å². The number of benzene rings is 1. The van der Waals surface area contributed by atoms with Crippen LogP contribution in [0, 0.1) is 5.41 Å². The van der Waals surface area contributed by atoms with Crippen LogP contribution in [0.15, 0.2) is 50.0 Å². The smallest absolute Gasteiger partial charge is 0.404 e. The molecule has 1 aromatic heterocycles. The van der Waals surface area contributed by atoms with E-state index in [1.807, 2.05) is 51.1 Å². The molecule has 0 saturated carbocycles. The molecule has 0 aliphatic carbocycles. The molecular formula is C19H22Br2N2O4. The lowest BCUT2D eigenvalue weighted by Gasteiger charge is -2.37. The molecule has 2 amide bonds. The Bertz CT molecular complexity index is 780. The zero-order valence-electron chi connectivity index (χ0n) is 15.3. The first-order valence-electron chi connectivity index (χ1n) is 8.37. The highest BCUT2D eigenvalue weighted by molar-refractivity contribution is 9.13. The second kappa shape index (κ2) is 8.93. The predicted molar refractivity (Wildman–Crippen MR) is 110 cm³/mol. The Labute approximate surface area is 175 Å². The van der Waals surface area contributed by atoms with E-state index in [1.54, 1.807) is 6.07 Å². The molecule has 3 N–H and O–H groups in total. The van der Waals surface area contributed by atoms with E-state index in [1.165, 1.54) is 0 Å². The first-order chi connectivity index (χ1) is 12.6. The molecular weight excluding hydrogens is 480 g/mol. The Balaban J connectivity index is 2.32. The summed E-state index contributed by atoms with van der Waals surface area (Å²) in [5, 5.41) is 14.8. The second-order valence-electron chi connectivity index (χ2n) is 7.30. The van der Waals surface area contributed by atoms with Crippen molar-refractivity contribution in [1.82, 2.24) is 10.6 Å². The Morgan fingerprint density at radius 3 is 2.26 bits per heavy atom. The van der Waals surface area contributed by atoms with Crippen LogP contribution in [0.5, 0.6) is 0 Å². The number of hydrogen-bond acceptors (Lipinski definition) is 3. The molecule has 2 unspecified atom stereocenters. The normalized spacial score (nSPS) is 13.7. The number of halogens is 2. The molecule has 8 heteroatoms. The van der Waals surface area contributed by atoms with Gasteiger partial charge in [-0.05, 0) is 49.3 Å². The minimum atomic E-state index is -1.13. The summed E-state index contributed by atoms with van der Waals surface area (Å²) in [6.07, 6.45) is -0.664. The molecule has 0 saturated heterocycles. The number of amides is 2. The number of carbonyl (C=O) groups excluding carboxylic acids is 1. The van der Waals surface area contributed by atoms with Crippen molar-refractivity contribution in [3.8, 4) is 0 Å². The molecule has 1 heterocycles. The molecule has 0 radical (unpaired) electrons. The zero-order chi connectivity index (χ0) is 20.2. The van der Waals surface area contributed by atoms with Crippen LogP contribution >= 0.6 is 31.9 Å². The summed E-state index contributed by atoms with van der Waals surface area (Å²) in [6.45, 7) is 5.79. The molecule has 2 rings (SSSR count). The number of carbonyl (C=O) groups is 2. The van der Waals surface area contributed by atoms with Crippen molar-refractivity contribution in [3.05, 3.63) is 56.9 Å². The quantitative estimate of drug-likeness (QED) is 0.528. The van der Waals surface area contributed by atoms with Crippen molar-refractivity contribution in [1.29, 1.82) is 0 Å². The fraction of sp³-hybridized carbons (Fsp3) is 0.368. The first-order valence-corrected chi connectivity index (χ1v) is 9.95.